The van der Waals surface area contributed by atoms with Gasteiger partial charge in [0.15, 0.2) is 0 Å². The van der Waals surface area contributed by atoms with Crippen molar-refractivity contribution in [1.29, 1.82) is 0 Å². The molecule has 2 atom stereocenters. The first-order valence-electron chi connectivity index (χ1n) is 8.07. The summed E-state index contributed by atoms with van der Waals surface area (Å²) in [6.07, 6.45) is 1.63. The Morgan fingerprint density at radius 1 is 1.35 bits per heavy atom. The number of hydrogen-bond donors (Lipinski definition) is 3. The van der Waals surface area contributed by atoms with E-state index in [1.165, 1.54) is 12.8 Å². The zero-order chi connectivity index (χ0) is 17.0. The second kappa shape index (κ2) is 7.81. The lowest BCUT2D eigenvalue weighted by Crippen LogP contribution is -2.40. The van der Waals surface area contributed by atoms with Crippen LogP contribution >= 0.6 is 11.6 Å². The molecule has 2 rings (SSSR count). The molecule has 1 fully saturated rings. The summed E-state index contributed by atoms with van der Waals surface area (Å²) in [7, 11) is 0. The van der Waals surface area contributed by atoms with Crippen LogP contribution in [0.3, 0.4) is 0 Å². The van der Waals surface area contributed by atoms with Crippen LogP contribution < -0.4 is 10.5 Å². The Labute approximate surface area is 143 Å². The quantitative estimate of drug-likeness (QED) is 0.706. The molecule has 0 saturated carbocycles. The first kappa shape index (κ1) is 18.5. The van der Waals surface area contributed by atoms with Gasteiger partial charge in [-0.05, 0) is 57.5 Å². The molecule has 1 aromatic carbocycles. The van der Waals surface area contributed by atoms with E-state index in [4.69, 9.17) is 22.1 Å². The van der Waals surface area contributed by atoms with Crippen LogP contribution in [0.25, 0.3) is 0 Å². The fourth-order valence-electron chi connectivity index (χ4n) is 2.68. The van der Waals surface area contributed by atoms with Crippen LogP contribution in [-0.2, 0) is 0 Å². The molecule has 130 valence electrons. The summed E-state index contributed by atoms with van der Waals surface area (Å²) in [5, 5.41) is 20.5. The number of likely N-dealkylation sites (tertiary alicyclic amines) is 1. The maximum Gasteiger partial charge on any atom is 0.138 e. The molecule has 5 nitrogen and oxygen atoms in total. The molecule has 1 saturated heterocycles. The minimum Gasteiger partial charge on any atom is -0.489 e. The van der Waals surface area contributed by atoms with Gasteiger partial charge in [-0.15, -0.1) is 0 Å². The maximum atomic E-state index is 10.4. The van der Waals surface area contributed by atoms with Crippen molar-refractivity contribution in [1.82, 2.24) is 4.90 Å². The first-order valence-corrected chi connectivity index (χ1v) is 8.45. The summed E-state index contributed by atoms with van der Waals surface area (Å²) < 4.78 is 5.50. The first-order chi connectivity index (χ1) is 10.8. The van der Waals surface area contributed by atoms with Crippen molar-refractivity contribution in [3.63, 3.8) is 0 Å². The van der Waals surface area contributed by atoms with E-state index in [9.17, 15) is 10.2 Å². The van der Waals surface area contributed by atoms with Gasteiger partial charge in [0, 0.05) is 12.6 Å². The Bertz CT molecular complexity index is 513. The number of ether oxygens (including phenoxy) is 1. The highest BCUT2D eigenvalue weighted by Gasteiger charge is 2.23. The number of nitrogens with zero attached hydrogens (tertiary/aromatic N) is 1. The molecule has 23 heavy (non-hydrogen) atoms. The van der Waals surface area contributed by atoms with Crippen molar-refractivity contribution in [2.24, 2.45) is 5.73 Å². The van der Waals surface area contributed by atoms with E-state index in [2.05, 4.69) is 4.90 Å². The van der Waals surface area contributed by atoms with E-state index >= 15 is 0 Å². The van der Waals surface area contributed by atoms with Gasteiger partial charge in [0.05, 0.1) is 16.7 Å². The monoisotopic (exact) mass is 342 g/mol. The van der Waals surface area contributed by atoms with Crippen LogP contribution in [0.5, 0.6) is 5.75 Å². The van der Waals surface area contributed by atoms with Crippen molar-refractivity contribution >= 4 is 11.6 Å². The SMILES string of the molecule is CC(C)(O)COc1ccc(C(O)[C@H](N)CN2CCCC2)cc1Cl. The van der Waals surface area contributed by atoms with E-state index < -0.39 is 11.7 Å². The zero-order valence-corrected chi connectivity index (χ0v) is 14.6. The minimum atomic E-state index is -0.931. The number of aliphatic hydroxyl groups excluding tert-OH is 1. The number of halogens is 1. The molecule has 0 bridgehead atoms. The number of benzene rings is 1. The van der Waals surface area contributed by atoms with Gasteiger partial charge < -0.3 is 25.6 Å². The predicted octanol–water partition coefficient (Wildman–Crippen LogP) is 1.95. The van der Waals surface area contributed by atoms with Crippen LogP contribution in [0.2, 0.25) is 5.02 Å². The summed E-state index contributed by atoms with van der Waals surface area (Å²) in [5.41, 5.74) is 5.88. The third kappa shape index (κ3) is 5.62. The number of aliphatic hydroxyl groups is 2. The molecule has 0 aromatic heterocycles. The average Bonchev–Trinajstić information content (AvgIpc) is 2.97. The molecule has 1 aliphatic heterocycles. The lowest BCUT2D eigenvalue weighted by molar-refractivity contribution is 0.0285. The van der Waals surface area contributed by atoms with Crippen molar-refractivity contribution in [2.75, 3.05) is 26.2 Å². The molecule has 1 aliphatic rings. The normalized spacial score (nSPS) is 18.9. The van der Waals surface area contributed by atoms with E-state index in [0.717, 1.165) is 13.1 Å². The Hall–Kier alpha value is -0.850. The van der Waals surface area contributed by atoms with Gasteiger partial charge in [-0.3, -0.25) is 0 Å². The molecule has 1 unspecified atom stereocenters. The molecule has 0 radical (unpaired) electrons. The Morgan fingerprint density at radius 2 is 2.00 bits per heavy atom. The maximum absolute atomic E-state index is 10.4. The van der Waals surface area contributed by atoms with Gasteiger partial charge in [0.1, 0.15) is 12.4 Å². The van der Waals surface area contributed by atoms with Gasteiger partial charge in [0.25, 0.3) is 0 Å². The van der Waals surface area contributed by atoms with Crippen LogP contribution in [0, 0.1) is 0 Å². The predicted molar refractivity (Wildman–Crippen MR) is 91.9 cm³/mol. The highest BCUT2D eigenvalue weighted by Crippen LogP contribution is 2.29. The summed E-state index contributed by atoms with van der Waals surface area (Å²) in [5.74, 6) is 0.484. The van der Waals surface area contributed by atoms with E-state index in [-0.39, 0.29) is 12.6 Å². The largest absolute Gasteiger partial charge is 0.489 e. The van der Waals surface area contributed by atoms with Gasteiger partial charge in [0.2, 0.25) is 0 Å². The zero-order valence-electron chi connectivity index (χ0n) is 13.8. The van der Waals surface area contributed by atoms with Crippen molar-refractivity contribution in [2.45, 2.75) is 44.4 Å². The molecule has 0 amide bonds. The van der Waals surface area contributed by atoms with Crippen LogP contribution in [-0.4, -0.2) is 53.0 Å². The molecule has 0 aliphatic carbocycles. The fourth-order valence-corrected chi connectivity index (χ4v) is 2.93. The molecule has 1 heterocycles. The fraction of sp³-hybridized carbons (Fsp3) is 0.647. The summed E-state index contributed by atoms with van der Waals surface area (Å²) in [6, 6.07) is 4.79. The lowest BCUT2D eigenvalue weighted by Gasteiger charge is -2.25. The molecule has 6 heteroatoms. The lowest BCUT2D eigenvalue weighted by atomic mass is 10.0. The summed E-state index contributed by atoms with van der Waals surface area (Å²) in [4.78, 5) is 2.27. The second-order valence-electron chi connectivity index (χ2n) is 6.91. The molecular weight excluding hydrogens is 316 g/mol. The smallest absolute Gasteiger partial charge is 0.138 e. The number of hydrogen-bond acceptors (Lipinski definition) is 5. The number of nitrogens with two attached hydrogens (primary N) is 1. The molecule has 0 spiro atoms. The van der Waals surface area contributed by atoms with E-state index in [1.807, 2.05) is 0 Å². The van der Waals surface area contributed by atoms with Crippen LogP contribution in [0.4, 0.5) is 0 Å². The number of rotatable bonds is 7. The van der Waals surface area contributed by atoms with Crippen molar-refractivity contribution in [3.05, 3.63) is 28.8 Å². The van der Waals surface area contributed by atoms with Crippen LogP contribution in [0.1, 0.15) is 38.4 Å². The third-order valence-corrected chi connectivity index (χ3v) is 4.25. The van der Waals surface area contributed by atoms with Gasteiger partial charge in [-0.25, -0.2) is 0 Å². The van der Waals surface area contributed by atoms with Gasteiger partial charge in [-0.1, -0.05) is 17.7 Å². The topological polar surface area (TPSA) is 78.9 Å². The average molecular weight is 343 g/mol. The summed E-state index contributed by atoms with van der Waals surface area (Å²) >= 11 is 6.21. The van der Waals surface area contributed by atoms with Crippen LogP contribution in [0.15, 0.2) is 18.2 Å². The highest BCUT2D eigenvalue weighted by atomic mass is 35.5. The molecule has 1 aromatic rings. The Morgan fingerprint density at radius 3 is 2.57 bits per heavy atom. The highest BCUT2D eigenvalue weighted by molar-refractivity contribution is 6.32. The van der Waals surface area contributed by atoms with Gasteiger partial charge in [-0.2, -0.15) is 0 Å². The minimum absolute atomic E-state index is 0.142. The molecule has 4 N–H and O–H groups in total. The van der Waals surface area contributed by atoms with E-state index in [1.54, 1.807) is 32.0 Å². The Balaban J connectivity index is 1.97. The summed E-state index contributed by atoms with van der Waals surface area (Å²) in [6.45, 7) is 6.24. The third-order valence-electron chi connectivity index (χ3n) is 3.95. The molecular formula is C17H27ClN2O3. The van der Waals surface area contributed by atoms with Crippen molar-refractivity contribution in [3.8, 4) is 5.75 Å². The van der Waals surface area contributed by atoms with E-state index in [0.29, 0.717) is 22.9 Å². The van der Waals surface area contributed by atoms with Gasteiger partial charge >= 0.3 is 0 Å². The Kier molecular flexibility index (Phi) is 6.28. The van der Waals surface area contributed by atoms with Crippen molar-refractivity contribution < 1.29 is 14.9 Å². The standard InChI is InChI=1S/C17H27ClN2O3/c1-17(2,22)11-23-15-6-5-12(9-13(15)18)16(21)14(19)10-20-7-3-4-8-20/h5-6,9,14,16,21-22H,3-4,7-8,10-11,19H2,1-2H3/t14-,16?/m1/s1. The second-order valence-corrected chi connectivity index (χ2v) is 7.31.